The number of carbonyl (C=O) groups is 1. The van der Waals surface area contributed by atoms with Crippen LogP contribution in [-0.4, -0.2) is 40.6 Å². The fraction of sp³-hybridized carbons (Fsp3) is 0.588. The van der Waals surface area contributed by atoms with Crippen LogP contribution < -0.4 is 5.32 Å². The van der Waals surface area contributed by atoms with Crippen molar-refractivity contribution in [2.45, 2.75) is 50.3 Å². The minimum absolute atomic E-state index is 0.219. The van der Waals surface area contributed by atoms with Crippen LogP contribution in [0.2, 0.25) is 0 Å². The number of likely N-dealkylation sites (tertiary alicyclic amines) is 1. The number of halogens is 1. The molecule has 2 N–H and O–H groups in total. The minimum atomic E-state index is -1.35. The van der Waals surface area contributed by atoms with Gasteiger partial charge in [-0.15, -0.1) is 0 Å². The average Bonchev–Trinajstić information content (AvgIpc) is 2.45. The van der Waals surface area contributed by atoms with Crippen molar-refractivity contribution < 1.29 is 14.3 Å². The van der Waals surface area contributed by atoms with Crippen LogP contribution in [0.3, 0.4) is 0 Å². The molecular formula is C17H23FN2O2. The summed E-state index contributed by atoms with van der Waals surface area (Å²) in [6.45, 7) is 1.08. The number of nitrogens with one attached hydrogen (secondary N) is 1. The fourth-order valence-corrected chi connectivity index (χ4v) is 3.14. The van der Waals surface area contributed by atoms with Gasteiger partial charge in [-0.2, -0.15) is 0 Å². The van der Waals surface area contributed by atoms with Gasteiger partial charge in [-0.25, -0.2) is 4.39 Å². The maximum absolute atomic E-state index is 13.8. The molecule has 5 heteroatoms. The molecular weight excluding hydrogens is 283 g/mol. The molecule has 1 aromatic carbocycles. The molecule has 2 aliphatic rings. The lowest BCUT2D eigenvalue weighted by Crippen LogP contribution is -2.59. The molecule has 0 spiro atoms. The summed E-state index contributed by atoms with van der Waals surface area (Å²) < 4.78 is 13.8. The van der Waals surface area contributed by atoms with Crippen molar-refractivity contribution in [1.29, 1.82) is 0 Å². The van der Waals surface area contributed by atoms with Crippen LogP contribution in [0.1, 0.15) is 37.7 Å². The highest BCUT2D eigenvalue weighted by Gasteiger charge is 2.42. The van der Waals surface area contributed by atoms with Crippen molar-refractivity contribution >= 4 is 5.91 Å². The van der Waals surface area contributed by atoms with Gasteiger partial charge in [0, 0.05) is 31.2 Å². The Kier molecular flexibility index (Phi) is 4.45. The van der Waals surface area contributed by atoms with Crippen molar-refractivity contribution in [1.82, 2.24) is 10.2 Å². The summed E-state index contributed by atoms with van der Waals surface area (Å²) in [4.78, 5) is 14.2. The summed E-state index contributed by atoms with van der Waals surface area (Å²) >= 11 is 0. The Hall–Kier alpha value is -1.46. The number of aliphatic hydroxyl groups is 1. The highest BCUT2D eigenvalue weighted by molar-refractivity contribution is 5.86. The summed E-state index contributed by atoms with van der Waals surface area (Å²) in [6, 6.07) is 6.91. The number of amides is 1. The third kappa shape index (κ3) is 3.15. The number of nitrogens with zero attached hydrogens (tertiary/aromatic N) is 1. The first-order valence-corrected chi connectivity index (χ1v) is 8.07. The lowest BCUT2D eigenvalue weighted by atomic mass is 9.88. The highest BCUT2D eigenvalue weighted by Crippen LogP contribution is 2.26. The minimum Gasteiger partial charge on any atom is -0.379 e. The first kappa shape index (κ1) is 15.4. The summed E-state index contributed by atoms with van der Waals surface area (Å²) in [5.41, 5.74) is -0.855. The first-order valence-electron chi connectivity index (χ1n) is 8.07. The predicted molar refractivity (Wildman–Crippen MR) is 81.6 cm³/mol. The Morgan fingerprint density at radius 2 is 2.09 bits per heavy atom. The Bertz CT molecular complexity index is 547. The number of hydrogen-bond acceptors (Lipinski definition) is 3. The first-order chi connectivity index (χ1) is 10.6. The molecule has 1 saturated carbocycles. The van der Waals surface area contributed by atoms with Crippen molar-refractivity contribution in [3.63, 3.8) is 0 Å². The second-order valence-corrected chi connectivity index (χ2v) is 6.46. The molecule has 4 nitrogen and oxygen atoms in total. The van der Waals surface area contributed by atoms with E-state index in [9.17, 15) is 14.3 Å². The molecule has 1 atom stereocenters. The van der Waals surface area contributed by atoms with E-state index in [4.69, 9.17) is 0 Å². The zero-order valence-electron chi connectivity index (χ0n) is 12.7. The molecule has 0 bridgehead atoms. The predicted octanol–water partition coefficient (Wildman–Crippen LogP) is 1.82. The third-order valence-corrected chi connectivity index (χ3v) is 4.81. The lowest BCUT2D eigenvalue weighted by Gasteiger charge is -2.40. The third-order valence-electron chi connectivity index (χ3n) is 4.81. The van der Waals surface area contributed by atoms with E-state index >= 15 is 0 Å². The van der Waals surface area contributed by atoms with Gasteiger partial charge in [0.2, 0.25) is 0 Å². The molecule has 1 aromatic rings. The van der Waals surface area contributed by atoms with Crippen molar-refractivity contribution in [2.75, 3.05) is 13.1 Å². The van der Waals surface area contributed by atoms with Crippen LogP contribution in [0.15, 0.2) is 24.3 Å². The van der Waals surface area contributed by atoms with E-state index < -0.39 is 5.60 Å². The van der Waals surface area contributed by atoms with Gasteiger partial charge >= 0.3 is 0 Å². The van der Waals surface area contributed by atoms with Gasteiger partial charge in [0.1, 0.15) is 5.82 Å². The molecule has 1 heterocycles. The average molecular weight is 306 g/mol. The van der Waals surface area contributed by atoms with Gasteiger partial charge in [-0.05, 0) is 31.7 Å². The lowest BCUT2D eigenvalue weighted by molar-refractivity contribution is -0.157. The van der Waals surface area contributed by atoms with E-state index in [1.807, 2.05) is 0 Å². The van der Waals surface area contributed by atoms with E-state index in [1.165, 1.54) is 12.5 Å². The number of hydrogen-bond donors (Lipinski definition) is 2. The van der Waals surface area contributed by atoms with Gasteiger partial charge in [0.15, 0.2) is 5.60 Å². The summed E-state index contributed by atoms with van der Waals surface area (Å²) in [5, 5.41) is 14.0. The Labute approximate surface area is 130 Å². The maximum Gasteiger partial charge on any atom is 0.256 e. The van der Waals surface area contributed by atoms with Crippen LogP contribution in [-0.2, 0) is 11.3 Å². The summed E-state index contributed by atoms with van der Waals surface area (Å²) in [7, 11) is 0. The van der Waals surface area contributed by atoms with Gasteiger partial charge in [0.25, 0.3) is 5.91 Å². The van der Waals surface area contributed by atoms with Crippen molar-refractivity contribution in [2.24, 2.45) is 0 Å². The van der Waals surface area contributed by atoms with Crippen LogP contribution >= 0.6 is 0 Å². The second kappa shape index (κ2) is 6.34. The SMILES string of the molecule is O=C1N(Cc2ccccc2F)CCC[C@]1(O)CNC1CCC1. The molecule has 1 saturated heterocycles. The number of rotatable bonds is 5. The molecule has 0 unspecified atom stereocenters. The molecule has 0 radical (unpaired) electrons. The number of carbonyl (C=O) groups excluding carboxylic acids is 1. The van der Waals surface area contributed by atoms with Gasteiger partial charge < -0.3 is 15.3 Å². The molecule has 120 valence electrons. The monoisotopic (exact) mass is 306 g/mol. The zero-order chi connectivity index (χ0) is 15.6. The topological polar surface area (TPSA) is 52.6 Å². The van der Waals surface area contributed by atoms with E-state index in [2.05, 4.69) is 5.32 Å². The van der Waals surface area contributed by atoms with Gasteiger partial charge in [-0.3, -0.25) is 4.79 Å². The molecule has 1 aliphatic carbocycles. The number of benzene rings is 1. The quantitative estimate of drug-likeness (QED) is 0.872. The van der Waals surface area contributed by atoms with Gasteiger partial charge in [-0.1, -0.05) is 24.6 Å². The number of piperidine rings is 1. The normalized spacial score (nSPS) is 26.1. The van der Waals surface area contributed by atoms with E-state index in [0.717, 1.165) is 19.3 Å². The molecule has 3 rings (SSSR count). The van der Waals surface area contributed by atoms with E-state index in [-0.39, 0.29) is 18.3 Å². The second-order valence-electron chi connectivity index (χ2n) is 6.46. The standard InChI is InChI=1S/C17H23FN2O2/c18-15-8-2-1-5-13(15)11-20-10-4-9-17(22,16(20)21)12-19-14-6-3-7-14/h1-2,5,8,14,19,22H,3-4,6-7,9-12H2/t17-/m0/s1. The Morgan fingerprint density at radius 3 is 2.77 bits per heavy atom. The maximum atomic E-state index is 13.8. The highest BCUT2D eigenvalue weighted by atomic mass is 19.1. The van der Waals surface area contributed by atoms with E-state index in [0.29, 0.717) is 31.1 Å². The van der Waals surface area contributed by atoms with Crippen LogP contribution in [0.4, 0.5) is 4.39 Å². The molecule has 1 aliphatic heterocycles. The van der Waals surface area contributed by atoms with Crippen LogP contribution in [0, 0.1) is 5.82 Å². The molecule has 1 amide bonds. The van der Waals surface area contributed by atoms with Crippen LogP contribution in [0.5, 0.6) is 0 Å². The molecule has 2 fully saturated rings. The van der Waals surface area contributed by atoms with Crippen molar-refractivity contribution in [3.8, 4) is 0 Å². The summed E-state index contributed by atoms with van der Waals surface area (Å²) in [6.07, 6.45) is 4.65. The van der Waals surface area contributed by atoms with Crippen molar-refractivity contribution in [3.05, 3.63) is 35.6 Å². The summed E-state index contributed by atoms with van der Waals surface area (Å²) in [5.74, 6) is -0.592. The smallest absolute Gasteiger partial charge is 0.256 e. The molecule has 0 aromatic heterocycles. The van der Waals surface area contributed by atoms with E-state index in [1.54, 1.807) is 23.1 Å². The largest absolute Gasteiger partial charge is 0.379 e. The fourth-order valence-electron chi connectivity index (χ4n) is 3.14. The Balaban J connectivity index is 1.65. The Morgan fingerprint density at radius 1 is 1.32 bits per heavy atom. The zero-order valence-corrected chi connectivity index (χ0v) is 12.7. The van der Waals surface area contributed by atoms with Gasteiger partial charge in [0.05, 0.1) is 0 Å². The molecule has 22 heavy (non-hydrogen) atoms. The van der Waals surface area contributed by atoms with Crippen LogP contribution in [0.25, 0.3) is 0 Å².